The quantitative estimate of drug-likeness (QED) is 0.805. The monoisotopic (exact) mass is 378 g/mol. The van der Waals surface area contributed by atoms with Gasteiger partial charge in [0, 0.05) is 30.9 Å². The largest absolute Gasteiger partial charge is 0.481 e. The molecule has 0 aromatic carbocycles. The summed E-state index contributed by atoms with van der Waals surface area (Å²) >= 11 is 1.15. The maximum Gasteiger partial charge on any atom is 0.230 e. The number of methoxy groups -OCH3 is 1. The number of carbonyl (C=O) groups is 1. The fraction of sp³-hybridized carbons (Fsp3) is 0.471. The van der Waals surface area contributed by atoms with E-state index in [4.69, 9.17) is 9.47 Å². The Morgan fingerprint density at radius 1 is 1.62 bits per heavy atom. The highest BCUT2D eigenvalue weighted by atomic mass is 32.1. The van der Waals surface area contributed by atoms with E-state index >= 15 is 0 Å². The summed E-state index contributed by atoms with van der Waals surface area (Å²) in [4.78, 5) is 21.2. The van der Waals surface area contributed by atoms with Gasteiger partial charge in [-0.2, -0.15) is 9.37 Å². The first-order chi connectivity index (χ1) is 12.6. The highest BCUT2D eigenvalue weighted by molar-refractivity contribution is 7.15. The molecule has 2 aromatic heterocycles. The first-order valence-corrected chi connectivity index (χ1v) is 9.13. The van der Waals surface area contributed by atoms with E-state index < -0.39 is 11.5 Å². The molecule has 7 nitrogen and oxygen atoms in total. The minimum atomic E-state index is -0.536. The molecule has 9 heteroatoms. The normalized spacial score (nSPS) is 24.8. The molecule has 0 saturated carbocycles. The predicted molar refractivity (Wildman–Crippen MR) is 93.5 cm³/mol. The predicted octanol–water partition coefficient (Wildman–Crippen LogP) is 2.27. The molecule has 2 aromatic rings. The van der Waals surface area contributed by atoms with E-state index in [-0.39, 0.29) is 11.2 Å². The fourth-order valence-corrected chi connectivity index (χ4v) is 4.72. The van der Waals surface area contributed by atoms with Gasteiger partial charge in [-0.3, -0.25) is 9.69 Å². The topological polar surface area (TPSA) is 76.6 Å². The number of ether oxygens (including phenoxy) is 2. The van der Waals surface area contributed by atoms with Crippen LogP contribution < -0.4 is 10.1 Å². The summed E-state index contributed by atoms with van der Waals surface area (Å²) in [7, 11) is 1.61. The molecule has 2 atom stereocenters. The smallest absolute Gasteiger partial charge is 0.230 e. The summed E-state index contributed by atoms with van der Waals surface area (Å²) in [5, 5.41) is 2.67. The lowest BCUT2D eigenvalue weighted by Gasteiger charge is -2.24. The molecule has 1 N–H and O–H groups in total. The summed E-state index contributed by atoms with van der Waals surface area (Å²) < 4.78 is 25.6. The van der Waals surface area contributed by atoms with Crippen LogP contribution in [0.5, 0.6) is 5.88 Å². The van der Waals surface area contributed by atoms with Crippen LogP contribution >= 0.6 is 11.3 Å². The number of rotatable bonds is 5. The van der Waals surface area contributed by atoms with Crippen molar-refractivity contribution in [2.24, 2.45) is 0 Å². The lowest BCUT2D eigenvalue weighted by molar-refractivity contribution is -0.105. The third-order valence-corrected chi connectivity index (χ3v) is 6.03. The van der Waals surface area contributed by atoms with Crippen molar-refractivity contribution in [3.8, 4) is 5.88 Å². The molecule has 0 radical (unpaired) electrons. The van der Waals surface area contributed by atoms with Gasteiger partial charge in [-0.1, -0.05) is 11.3 Å². The number of carbonyl (C=O) groups excluding carboxylic acids is 1. The van der Waals surface area contributed by atoms with E-state index in [2.05, 4.69) is 27.1 Å². The van der Waals surface area contributed by atoms with Crippen molar-refractivity contribution in [1.82, 2.24) is 14.9 Å². The zero-order valence-electron chi connectivity index (χ0n) is 14.5. The highest BCUT2D eigenvalue weighted by Gasteiger charge is 2.49. The first-order valence-electron chi connectivity index (χ1n) is 8.32. The van der Waals surface area contributed by atoms with Crippen LogP contribution in [0.3, 0.4) is 0 Å². The molecule has 4 rings (SSSR count). The molecule has 1 amide bonds. The maximum absolute atomic E-state index is 14.1. The van der Waals surface area contributed by atoms with Crippen molar-refractivity contribution in [3.63, 3.8) is 0 Å². The number of hydrogen-bond donors (Lipinski definition) is 1. The number of fused-ring (bicyclic) bond motifs is 2. The lowest BCUT2D eigenvalue weighted by Crippen LogP contribution is -2.31. The Kier molecular flexibility index (Phi) is 4.37. The second-order valence-electron chi connectivity index (χ2n) is 6.58. The summed E-state index contributed by atoms with van der Waals surface area (Å²) in [6.07, 6.45) is 3.05. The van der Waals surface area contributed by atoms with Crippen molar-refractivity contribution in [3.05, 3.63) is 34.2 Å². The average Bonchev–Trinajstić information content (AvgIpc) is 3.26. The van der Waals surface area contributed by atoms with Crippen LogP contribution in [0.2, 0.25) is 0 Å². The van der Waals surface area contributed by atoms with Gasteiger partial charge in [0.2, 0.25) is 18.2 Å². The Labute approximate surface area is 154 Å². The Morgan fingerprint density at radius 2 is 2.46 bits per heavy atom. The van der Waals surface area contributed by atoms with Crippen molar-refractivity contribution in [2.45, 2.75) is 38.1 Å². The summed E-state index contributed by atoms with van der Waals surface area (Å²) in [6, 6.07) is 2.20. The van der Waals surface area contributed by atoms with Crippen LogP contribution in [-0.2, 0) is 28.3 Å². The number of likely N-dealkylation sites (tertiary alicyclic amines) is 1. The van der Waals surface area contributed by atoms with Crippen LogP contribution in [0.4, 0.5) is 9.52 Å². The first kappa shape index (κ1) is 17.3. The molecule has 26 heavy (non-hydrogen) atoms. The van der Waals surface area contributed by atoms with Crippen LogP contribution in [0.1, 0.15) is 29.3 Å². The molecule has 138 valence electrons. The van der Waals surface area contributed by atoms with Gasteiger partial charge in [0.05, 0.1) is 18.6 Å². The van der Waals surface area contributed by atoms with E-state index in [1.54, 1.807) is 13.3 Å². The van der Waals surface area contributed by atoms with E-state index in [1.165, 1.54) is 0 Å². The molecule has 2 unspecified atom stereocenters. The molecule has 1 spiro atoms. The van der Waals surface area contributed by atoms with Crippen molar-refractivity contribution >= 4 is 22.9 Å². The van der Waals surface area contributed by atoms with Gasteiger partial charge in [0.1, 0.15) is 5.60 Å². The average molecular weight is 378 g/mol. The van der Waals surface area contributed by atoms with Gasteiger partial charge in [0.25, 0.3) is 0 Å². The molecule has 1 fully saturated rings. The van der Waals surface area contributed by atoms with Crippen LogP contribution in [0.25, 0.3) is 0 Å². The number of nitrogens with zero attached hydrogens (tertiary/aromatic N) is 3. The molecule has 2 aliphatic rings. The molecule has 0 bridgehead atoms. The number of hydrogen-bond acceptors (Lipinski definition) is 7. The van der Waals surface area contributed by atoms with Gasteiger partial charge in [-0.25, -0.2) is 4.98 Å². The second-order valence-corrected chi connectivity index (χ2v) is 7.67. The van der Waals surface area contributed by atoms with Crippen LogP contribution in [-0.4, -0.2) is 41.0 Å². The zero-order chi connectivity index (χ0) is 18.3. The number of amides is 1. The fourth-order valence-electron chi connectivity index (χ4n) is 3.90. The summed E-state index contributed by atoms with van der Waals surface area (Å²) in [5.41, 5.74) is 1.67. The number of halogens is 1. The van der Waals surface area contributed by atoms with Gasteiger partial charge in [-0.05, 0) is 25.0 Å². The van der Waals surface area contributed by atoms with Crippen LogP contribution in [0, 0.1) is 5.95 Å². The standard InChI is InChI=1S/C17H19FN4O3S/c1-10-5-17(12-3-4-19-15(24-2)11(12)7-25-17)8-22(10)6-13-14(18)21-16(26-13)20-9-23/h3-4,9-10H,5-8H2,1-2H3,(H,20,21,23). The molecule has 0 aliphatic carbocycles. The van der Waals surface area contributed by atoms with E-state index in [1.807, 2.05) is 6.07 Å². The van der Waals surface area contributed by atoms with E-state index in [9.17, 15) is 9.18 Å². The van der Waals surface area contributed by atoms with Gasteiger partial charge in [0.15, 0.2) is 5.13 Å². The Bertz CT molecular complexity index is 845. The third-order valence-electron chi connectivity index (χ3n) is 5.08. The molecular formula is C17H19FN4O3S. The summed E-state index contributed by atoms with van der Waals surface area (Å²) in [5.74, 6) is 0.0645. The number of nitrogens with one attached hydrogen (secondary N) is 1. The number of pyridine rings is 1. The van der Waals surface area contributed by atoms with Gasteiger partial charge >= 0.3 is 0 Å². The number of anilines is 1. The molecule has 2 aliphatic heterocycles. The minimum Gasteiger partial charge on any atom is -0.481 e. The SMILES string of the molecule is COc1nccc2c1COC21CC(C)N(Cc2sc(NC=O)nc2F)C1. The Hall–Kier alpha value is -2.10. The number of thiazole rings is 1. The van der Waals surface area contributed by atoms with Crippen molar-refractivity contribution < 1.29 is 18.7 Å². The Morgan fingerprint density at radius 3 is 3.23 bits per heavy atom. The summed E-state index contributed by atoms with van der Waals surface area (Å²) in [6.45, 7) is 3.66. The lowest BCUT2D eigenvalue weighted by atomic mass is 9.91. The highest BCUT2D eigenvalue weighted by Crippen LogP contribution is 2.47. The third kappa shape index (κ3) is 2.76. The molecular weight excluding hydrogens is 359 g/mol. The Balaban J connectivity index is 1.57. The molecule has 4 heterocycles. The number of aromatic nitrogens is 2. The van der Waals surface area contributed by atoms with E-state index in [0.717, 1.165) is 28.9 Å². The van der Waals surface area contributed by atoms with Gasteiger partial charge < -0.3 is 14.8 Å². The maximum atomic E-state index is 14.1. The van der Waals surface area contributed by atoms with E-state index in [0.29, 0.717) is 36.9 Å². The second kappa shape index (κ2) is 6.57. The van der Waals surface area contributed by atoms with Crippen molar-refractivity contribution in [2.75, 3.05) is 19.0 Å². The van der Waals surface area contributed by atoms with Crippen LogP contribution in [0.15, 0.2) is 12.3 Å². The molecule has 1 saturated heterocycles. The van der Waals surface area contributed by atoms with Crippen molar-refractivity contribution in [1.29, 1.82) is 0 Å². The van der Waals surface area contributed by atoms with Gasteiger partial charge in [-0.15, -0.1) is 0 Å². The minimum absolute atomic E-state index is 0.212. The zero-order valence-corrected chi connectivity index (χ0v) is 15.3.